The van der Waals surface area contributed by atoms with Gasteiger partial charge in [-0.1, -0.05) is 25.1 Å². The van der Waals surface area contributed by atoms with Gasteiger partial charge in [-0.15, -0.1) is 0 Å². The first kappa shape index (κ1) is 17.1. The highest BCUT2D eigenvalue weighted by atomic mass is 32.2. The molecule has 0 aliphatic carbocycles. The van der Waals surface area contributed by atoms with Gasteiger partial charge in [-0.3, -0.25) is 4.90 Å². The van der Waals surface area contributed by atoms with Crippen molar-refractivity contribution in [2.75, 3.05) is 26.2 Å². The molecule has 0 bridgehead atoms. The number of nitrogens with zero attached hydrogens (tertiary/aromatic N) is 4. The first-order valence-corrected chi connectivity index (χ1v) is 9.83. The fourth-order valence-electron chi connectivity index (χ4n) is 3.01. The number of aromatic nitrogens is 2. The Bertz CT molecular complexity index is 750. The van der Waals surface area contributed by atoms with Crippen molar-refractivity contribution < 1.29 is 8.42 Å². The Hall–Kier alpha value is -1.70. The summed E-state index contributed by atoms with van der Waals surface area (Å²) in [6, 6.07) is 8.66. The Morgan fingerprint density at radius 2 is 1.79 bits per heavy atom. The molecule has 1 aliphatic heterocycles. The van der Waals surface area contributed by atoms with Crippen LogP contribution in [-0.4, -0.2) is 53.4 Å². The third-order valence-corrected chi connectivity index (χ3v) is 6.26. The molecule has 2 heterocycles. The first-order valence-electron chi connectivity index (χ1n) is 8.39. The maximum atomic E-state index is 12.6. The van der Waals surface area contributed by atoms with E-state index in [-0.39, 0.29) is 0 Å². The number of benzene rings is 1. The van der Waals surface area contributed by atoms with E-state index in [1.807, 2.05) is 18.5 Å². The number of rotatable bonds is 6. The van der Waals surface area contributed by atoms with E-state index in [0.717, 1.165) is 38.4 Å². The van der Waals surface area contributed by atoms with E-state index >= 15 is 0 Å². The fourth-order valence-corrected chi connectivity index (χ4v) is 4.45. The van der Waals surface area contributed by atoms with Crippen molar-refractivity contribution in [3.05, 3.63) is 48.5 Å². The molecular weight excluding hydrogens is 324 g/mol. The van der Waals surface area contributed by atoms with Gasteiger partial charge in [-0.05, 0) is 18.6 Å². The Morgan fingerprint density at radius 3 is 2.46 bits per heavy atom. The van der Waals surface area contributed by atoms with Crippen molar-refractivity contribution in [2.45, 2.75) is 31.3 Å². The van der Waals surface area contributed by atoms with Crippen molar-refractivity contribution in [1.29, 1.82) is 0 Å². The van der Waals surface area contributed by atoms with Crippen LogP contribution in [0.1, 0.15) is 19.2 Å². The minimum atomic E-state index is -3.38. The van der Waals surface area contributed by atoms with Crippen LogP contribution in [0, 0.1) is 0 Å². The van der Waals surface area contributed by atoms with Crippen LogP contribution in [0.3, 0.4) is 0 Å². The summed E-state index contributed by atoms with van der Waals surface area (Å²) < 4.78 is 29.0. The lowest BCUT2D eigenvalue weighted by atomic mass is 10.3. The van der Waals surface area contributed by atoms with Crippen LogP contribution < -0.4 is 0 Å². The Balaban J connectivity index is 1.61. The molecule has 0 amide bonds. The maximum Gasteiger partial charge on any atom is 0.243 e. The van der Waals surface area contributed by atoms with Crippen molar-refractivity contribution in [1.82, 2.24) is 18.8 Å². The normalized spacial score (nSPS) is 17.2. The summed E-state index contributed by atoms with van der Waals surface area (Å²) in [5.41, 5.74) is 0. The zero-order valence-corrected chi connectivity index (χ0v) is 14.8. The van der Waals surface area contributed by atoms with Gasteiger partial charge < -0.3 is 4.57 Å². The second-order valence-corrected chi connectivity index (χ2v) is 7.97. The molecule has 24 heavy (non-hydrogen) atoms. The number of imidazole rings is 1. The molecule has 0 spiro atoms. The summed E-state index contributed by atoms with van der Waals surface area (Å²) in [4.78, 5) is 7.08. The number of hydrogen-bond acceptors (Lipinski definition) is 4. The summed E-state index contributed by atoms with van der Waals surface area (Å²) in [7, 11) is -3.38. The topological polar surface area (TPSA) is 58.4 Å². The number of hydrogen-bond donors (Lipinski definition) is 0. The number of sulfonamides is 1. The van der Waals surface area contributed by atoms with Crippen LogP contribution in [0.2, 0.25) is 0 Å². The largest absolute Gasteiger partial charge is 0.334 e. The summed E-state index contributed by atoms with van der Waals surface area (Å²) in [5.74, 6) is 1.05. The molecule has 1 saturated heterocycles. The predicted molar refractivity (Wildman–Crippen MR) is 93.0 cm³/mol. The van der Waals surface area contributed by atoms with Gasteiger partial charge in [-0.2, -0.15) is 4.31 Å². The second kappa shape index (κ2) is 7.46. The number of aryl methyl sites for hydroxylation is 1. The van der Waals surface area contributed by atoms with E-state index < -0.39 is 10.0 Å². The maximum absolute atomic E-state index is 12.6. The lowest BCUT2D eigenvalue weighted by Crippen LogP contribution is -2.48. The SMILES string of the molecule is CCCn1ccnc1CN1CCN(S(=O)(=O)c2ccccc2)CC1. The van der Waals surface area contributed by atoms with Gasteiger partial charge >= 0.3 is 0 Å². The van der Waals surface area contributed by atoms with Gasteiger partial charge in [0.1, 0.15) is 5.82 Å². The van der Waals surface area contributed by atoms with Crippen molar-refractivity contribution in [2.24, 2.45) is 0 Å². The molecule has 0 radical (unpaired) electrons. The molecular formula is C17H24N4O2S. The quantitative estimate of drug-likeness (QED) is 0.799. The lowest BCUT2D eigenvalue weighted by molar-refractivity contribution is 0.176. The molecule has 0 N–H and O–H groups in total. The van der Waals surface area contributed by atoms with Gasteiger partial charge in [0.2, 0.25) is 10.0 Å². The molecule has 1 aliphatic rings. The average Bonchev–Trinajstić information content (AvgIpc) is 3.03. The molecule has 1 aromatic carbocycles. The van der Waals surface area contributed by atoms with E-state index in [1.165, 1.54) is 0 Å². The van der Waals surface area contributed by atoms with E-state index in [9.17, 15) is 8.42 Å². The molecule has 130 valence electrons. The Labute approximate surface area is 143 Å². The van der Waals surface area contributed by atoms with Gasteiger partial charge in [0.25, 0.3) is 0 Å². The average molecular weight is 348 g/mol. The van der Waals surface area contributed by atoms with Crippen LogP contribution >= 0.6 is 0 Å². The zero-order valence-electron chi connectivity index (χ0n) is 14.0. The molecule has 2 aromatic rings. The van der Waals surface area contributed by atoms with Gasteiger partial charge in [0.05, 0.1) is 11.4 Å². The molecule has 1 fully saturated rings. The van der Waals surface area contributed by atoms with Gasteiger partial charge in [0, 0.05) is 45.1 Å². The van der Waals surface area contributed by atoms with Gasteiger partial charge in [0.15, 0.2) is 0 Å². The van der Waals surface area contributed by atoms with Crippen LogP contribution in [0.4, 0.5) is 0 Å². The first-order chi connectivity index (χ1) is 11.6. The smallest absolute Gasteiger partial charge is 0.243 e. The highest BCUT2D eigenvalue weighted by molar-refractivity contribution is 7.89. The third-order valence-electron chi connectivity index (χ3n) is 4.34. The summed E-state index contributed by atoms with van der Waals surface area (Å²) in [5, 5.41) is 0. The molecule has 0 atom stereocenters. The van der Waals surface area contributed by atoms with Crippen molar-refractivity contribution >= 4 is 10.0 Å². The van der Waals surface area contributed by atoms with E-state index in [4.69, 9.17) is 0 Å². The molecule has 7 heteroatoms. The van der Waals surface area contributed by atoms with Gasteiger partial charge in [-0.25, -0.2) is 13.4 Å². The number of piperazine rings is 1. The van der Waals surface area contributed by atoms with Crippen molar-refractivity contribution in [3.63, 3.8) is 0 Å². The predicted octanol–water partition coefficient (Wildman–Crippen LogP) is 1.80. The van der Waals surface area contributed by atoms with Crippen molar-refractivity contribution in [3.8, 4) is 0 Å². The van der Waals surface area contributed by atoms with E-state index in [1.54, 1.807) is 28.6 Å². The van der Waals surface area contributed by atoms with E-state index in [0.29, 0.717) is 18.0 Å². The minimum Gasteiger partial charge on any atom is -0.334 e. The second-order valence-electron chi connectivity index (χ2n) is 6.03. The lowest BCUT2D eigenvalue weighted by Gasteiger charge is -2.33. The Kier molecular flexibility index (Phi) is 5.33. The molecule has 0 saturated carbocycles. The monoisotopic (exact) mass is 348 g/mol. The third kappa shape index (κ3) is 3.68. The fraction of sp³-hybridized carbons (Fsp3) is 0.471. The highest BCUT2D eigenvalue weighted by Gasteiger charge is 2.28. The minimum absolute atomic E-state index is 0.372. The molecule has 0 unspecified atom stereocenters. The summed E-state index contributed by atoms with van der Waals surface area (Å²) in [6.45, 7) is 6.38. The van der Waals surface area contributed by atoms with Crippen LogP contribution in [-0.2, 0) is 23.1 Å². The van der Waals surface area contributed by atoms with E-state index in [2.05, 4.69) is 21.4 Å². The summed E-state index contributed by atoms with van der Waals surface area (Å²) in [6.07, 6.45) is 4.92. The summed E-state index contributed by atoms with van der Waals surface area (Å²) >= 11 is 0. The molecule has 1 aromatic heterocycles. The zero-order chi connectivity index (χ0) is 17.0. The molecule has 6 nitrogen and oxygen atoms in total. The highest BCUT2D eigenvalue weighted by Crippen LogP contribution is 2.18. The Morgan fingerprint density at radius 1 is 1.08 bits per heavy atom. The molecule has 3 rings (SSSR count). The van der Waals surface area contributed by atoms with Crippen LogP contribution in [0.15, 0.2) is 47.6 Å². The standard InChI is InChI=1S/C17H24N4O2S/c1-2-9-20-10-8-18-17(20)15-19-11-13-21(14-12-19)24(22,23)16-6-4-3-5-7-16/h3-8,10H,2,9,11-15H2,1H3. The van der Waals surface area contributed by atoms with Crippen LogP contribution in [0.5, 0.6) is 0 Å². The van der Waals surface area contributed by atoms with Crippen LogP contribution in [0.25, 0.3) is 0 Å².